The van der Waals surface area contributed by atoms with Crippen LogP contribution in [-0.2, 0) is 4.79 Å². The van der Waals surface area contributed by atoms with E-state index < -0.39 is 0 Å². The second-order valence-corrected chi connectivity index (χ2v) is 4.64. The molecule has 2 aromatic rings. The second-order valence-electron chi connectivity index (χ2n) is 4.64. The lowest BCUT2D eigenvalue weighted by Gasteiger charge is -2.09. The zero-order chi connectivity index (χ0) is 15.8. The molecule has 0 aliphatic rings. The average Bonchev–Trinajstić information content (AvgIpc) is 3.05. The molecule has 0 saturated heterocycles. The SMILES string of the molecule is Cc1ccccc1OCC(=O)NCCNC(=O)c1ccco1. The molecule has 6 heteroatoms. The first kappa shape index (κ1) is 15.6. The molecule has 0 bridgehead atoms. The summed E-state index contributed by atoms with van der Waals surface area (Å²) in [5.74, 6) is 0.379. The van der Waals surface area contributed by atoms with Crippen LogP contribution in [0, 0.1) is 6.92 Å². The molecule has 0 aliphatic heterocycles. The van der Waals surface area contributed by atoms with Gasteiger partial charge in [-0.2, -0.15) is 0 Å². The molecule has 0 fully saturated rings. The number of para-hydroxylation sites is 1. The number of amides is 2. The van der Waals surface area contributed by atoms with Crippen molar-refractivity contribution in [2.24, 2.45) is 0 Å². The molecule has 2 amide bonds. The van der Waals surface area contributed by atoms with Gasteiger partial charge in [-0.05, 0) is 30.7 Å². The van der Waals surface area contributed by atoms with Crippen molar-refractivity contribution in [1.29, 1.82) is 0 Å². The summed E-state index contributed by atoms with van der Waals surface area (Å²) in [6.07, 6.45) is 1.43. The third-order valence-corrected chi connectivity index (χ3v) is 2.93. The van der Waals surface area contributed by atoms with Crippen molar-refractivity contribution in [3.8, 4) is 5.75 Å². The molecule has 1 heterocycles. The fourth-order valence-corrected chi connectivity index (χ4v) is 1.79. The predicted molar refractivity (Wildman–Crippen MR) is 80.7 cm³/mol. The highest BCUT2D eigenvalue weighted by Crippen LogP contribution is 2.15. The monoisotopic (exact) mass is 302 g/mol. The number of benzene rings is 1. The highest BCUT2D eigenvalue weighted by atomic mass is 16.5. The van der Waals surface area contributed by atoms with E-state index in [-0.39, 0.29) is 24.2 Å². The van der Waals surface area contributed by atoms with E-state index in [0.717, 1.165) is 5.56 Å². The number of hydrogen-bond acceptors (Lipinski definition) is 4. The molecular formula is C16H18N2O4. The van der Waals surface area contributed by atoms with E-state index in [0.29, 0.717) is 18.8 Å². The summed E-state index contributed by atoms with van der Waals surface area (Å²) in [5, 5.41) is 5.30. The molecule has 0 atom stereocenters. The van der Waals surface area contributed by atoms with Crippen LogP contribution in [0.15, 0.2) is 47.1 Å². The molecule has 22 heavy (non-hydrogen) atoms. The first-order valence-corrected chi connectivity index (χ1v) is 6.93. The van der Waals surface area contributed by atoms with Crippen molar-refractivity contribution in [2.75, 3.05) is 19.7 Å². The summed E-state index contributed by atoms with van der Waals surface area (Å²) in [7, 11) is 0. The third-order valence-electron chi connectivity index (χ3n) is 2.93. The molecule has 0 saturated carbocycles. The van der Waals surface area contributed by atoms with Crippen molar-refractivity contribution in [3.05, 3.63) is 54.0 Å². The van der Waals surface area contributed by atoms with Crippen LogP contribution in [0.3, 0.4) is 0 Å². The van der Waals surface area contributed by atoms with E-state index in [1.165, 1.54) is 6.26 Å². The lowest BCUT2D eigenvalue weighted by Crippen LogP contribution is -2.36. The minimum Gasteiger partial charge on any atom is -0.484 e. The van der Waals surface area contributed by atoms with Gasteiger partial charge < -0.3 is 19.8 Å². The fourth-order valence-electron chi connectivity index (χ4n) is 1.79. The van der Waals surface area contributed by atoms with Crippen LogP contribution in [0.25, 0.3) is 0 Å². The minimum absolute atomic E-state index is 0.0585. The summed E-state index contributed by atoms with van der Waals surface area (Å²) < 4.78 is 10.4. The van der Waals surface area contributed by atoms with E-state index in [1.54, 1.807) is 12.1 Å². The summed E-state index contributed by atoms with van der Waals surface area (Å²) in [6.45, 7) is 2.49. The largest absolute Gasteiger partial charge is 0.484 e. The lowest BCUT2D eigenvalue weighted by molar-refractivity contribution is -0.123. The topological polar surface area (TPSA) is 80.6 Å². The van der Waals surface area contributed by atoms with Crippen molar-refractivity contribution >= 4 is 11.8 Å². The van der Waals surface area contributed by atoms with Crippen LogP contribution in [0.4, 0.5) is 0 Å². The quantitative estimate of drug-likeness (QED) is 0.760. The number of aryl methyl sites for hydroxylation is 1. The Morgan fingerprint density at radius 3 is 2.59 bits per heavy atom. The zero-order valence-electron chi connectivity index (χ0n) is 12.3. The molecule has 1 aromatic carbocycles. The van der Waals surface area contributed by atoms with Gasteiger partial charge in [0.25, 0.3) is 11.8 Å². The summed E-state index contributed by atoms with van der Waals surface area (Å²) in [5.41, 5.74) is 0.973. The van der Waals surface area contributed by atoms with Gasteiger partial charge in [0.15, 0.2) is 12.4 Å². The molecule has 0 spiro atoms. The molecule has 2 N–H and O–H groups in total. The number of rotatable bonds is 7. The molecular weight excluding hydrogens is 284 g/mol. The first-order chi connectivity index (χ1) is 10.7. The second kappa shape index (κ2) is 7.87. The van der Waals surface area contributed by atoms with E-state index in [1.807, 2.05) is 31.2 Å². The number of furan rings is 1. The van der Waals surface area contributed by atoms with Gasteiger partial charge in [-0.3, -0.25) is 9.59 Å². The van der Waals surface area contributed by atoms with Gasteiger partial charge in [0, 0.05) is 13.1 Å². The van der Waals surface area contributed by atoms with Crippen LogP contribution in [0.2, 0.25) is 0 Å². The van der Waals surface area contributed by atoms with Gasteiger partial charge in [0.2, 0.25) is 0 Å². The minimum atomic E-state index is -0.310. The molecule has 0 radical (unpaired) electrons. The fraction of sp³-hybridized carbons (Fsp3) is 0.250. The van der Waals surface area contributed by atoms with E-state index in [2.05, 4.69) is 10.6 Å². The predicted octanol–water partition coefficient (Wildman–Crippen LogP) is 1.51. The van der Waals surface area contributed by atoms with Gasteiger partial charge in [0.05, 0.1) is 6.26 Å². The summed E-state index contributed by atoms with van der Waals surface area (Å²) in [4.78, 5) is 23.2. The molecule has 0 unspecified atom stereocenters. The van der Waals surface area contributed by atoms with E-state index in [9.17, 15) is 9.59 Å². The number of carbonyl (C=O) groups excluding carboxylic acids is 2. The molecule has 116 valence electrons. The highest BCUT2D eigenvalue weighted by molar-refractivity contribution is 5.91. The van der Waals surface area contributed by atoms with E-state index >= 15 is 0 Å². The van der Waals surface area contributed by atoms with Crippen LogP contribution in [-0.4, -0.2) is 31.5 Å². The van der Waals surface area contributed by atoms with Crippen LogP contribution >= 0.6 is 0 Å². The maximum Gasteiger partial charge on any atom is 0.287 e. The lowest BCUT2D eigenvalue weighted by atomic mass is 10.2. The Labute approximate surface area is 128 Å². The number of hydrogen-bond donors (Lipinski definition) is 2. The van der Waals surface area contributed by atoms with Gasteiger partial charge in [0.1, 0.15) is 5.75 Å². The van der Waals surface area contributed by atoms with Crippen LogP contribution < -0.4 is 15.4 Å². The first-order valence-electron chi connectivity index (χ1n) is 6.93. The third kappa shape index (κ3) is 4.66. The van der Waals surface area contributed by atoms with Crippen molar-refractivity contribution in [3.63, 3.8) is 0 Å². The maximum atomic E-state index is 11.6. The van der Waals surface area contributed by atoms with Crippen LogP contribution in [0.1, 0.15) is 16.1 Å². The summed E-state index contributed by atoms with van der Waals surface area (Å²) >= 11 is 0. The Morgan fingerprint density at radius 2 is 1.86 bits per heavy atom. The van der Waals surface area contributed by atoms with Crippen molar-refractivity contribution in [2.45, 2.75) is 6.92 Å². The normalized spacial score (nSPS) is 10.0. The maximum absolute atomic E-state index is 11.6. The van der Waals surface area contributed by atoms with Gasteiger partial charge in [-0.1, -0.05) is 18.2 Å². The Hall–Kier alpha value is -2.76. The van der Waals surface area contributed by atoms with Gasteiger partial charge in [-0.15, -0.1) is 0 Å². The molecule has 1 aromatic heterocycles. The average molecular weight is 302 g/mol. The molecule has 2 rings (SSSR count). The van der Waals surface area contributed by atoms with Crippen molar-refractivity contribution in [1.82, 2.24) is 10.6 Å². The highest BCUT2D eigenvalue weighted by Gasteiger charge is 2.08. The zero-order valence-corrected chi connectivity index (χ0v) is 12.3. The van der Waals surface area contributed by atoms with Gasteiger partial charge in [-0.25, -0.2) is 0 Å². The molecule has 0 aliphatic carbocycles. The molecule has 6 nitrogen and oxygen atoms in total. The Bertz CT molecular complexity index is 623. The number of ether oxygens (including phenoxy) is 1. The number of carbonyl (C=O) groups is 2. The standard InChI is InChI=1S/C16H18N2O4/c1-12-5-2-3-6-13(12)22-11-15(19)17-8-9-18-16(20)14-7-4-10-21-14/h2-7,10H,8-9,11H2,1H3,(H,17,19)(H,18,20). The van der Waals surface area contributed by atoms with Crippen molar-refractivity contribution < 1.29 is 18.7 Å². The van der Waals surface area contributed by atoms with Crippen LogP contribution in [0.5, 0.6) is 5.75 Å². The Kier molecular flexibility index (Phi) is 5.59. The van der Waals surface area contributed by atoms with Gasteiger partial charge >= 0.3 is 0 Å². The smallest absolute Gasteiger partial charge is 0.287 e. The van der Waals surface area contributed by atoms with E-state index in [4.69, 9.17) is 9.15 Å². The Balaban J connectivity index is 1.62. The number of nitrogens with one attached hydrogen (secondary N) is 2. The Morgan fingerprint density at radius 1 is 1.09 bits per heavy atom. The summed E-state index contributed by atoms with van der Waals surface area (Å²) in [6, 6.07) is 10.7.